The van der Waals surface area contributed by atoms with Gasteiger partial charge in [-0.05, 0) is 38.2 Å². The van der Waals surface area contributed by atoms with Gasteiger partial charge in [-0.25, -0.2) is 4.98 Å². The van der Waals surface area contributed by atoms with Crippen LogP contribution in [-0.2, 0) is 4.79 Å². The van der Waals surface area contributed by atoms with Crippen molar-refractivity contribution in [3.8, 4) is 16.6 Å². The molecule has 0 radical (unpaired) electrons. The summed E-state index contributed by atoms with van der Waals surface area (Å²) in [6, 6.07) is 14.1. The second-order valence-corrected chi connectivity index (χ2v) is 9.74. The Labute approximate surface area is 193 Å². The molecule has 0 saturated heterocycles. The molecule has 1 aliphatic rings. The smallest absolute Gasteiger partial charge is 0.231 e. The fourth-order valence-corrected chi connectivity index (χ4v) is 5.19. The van der Waals surface area contributed by atoms with Gasteiger partial charge in [0.05, 0.1) is 15.9 Å². The van der Waals surface area contributed by atoms with E-state index in [1.165, 1.54) is 21.8 Å². The van der Waals surface area contributed by atoms with Crippen molar-refractivity contribution >= 4 is 45.0 Å². The van der Waals surface area contributed by atoms with E-state index in [1.54, 1.807) is 16.4 Å². The third-order valence-electron chi connectivity index (χ3n) is 4.99. The highest BCUT2D eigenvalue weighted by Gasteiger charge is 2.19. The first-order valence-electron chi connectivity index (χ1n) is 10.3. The summed E-state index contributed by atoms with van der Waals surface area (Å²) in [7, 11) is 0. The van der Waals surface area contributed by atoms with Crippen molar-refractivity contribution in [3.63, 3.8) is 0 Å². The fraction of sp³-hybridized carbons (Fsp3) is 0.261. The van der Waals surface area contributed by atoms with E-state index < -0.39 is 0 Å². The molecular formula is C23H22N4O3S2. The van der Waals surface area contributed by atoms with Gasteiger partial charge in [0, 0.05) is 29.5 Å². The normalized spacial score (nSPS) is 12.4. The van der Waals surface area contributed by atoms with Gasteiger partial charge in [-0.15, -0.1) is 11.8 Å². The Morgan fingerprint density at radius 1 is 1.16 bits per heavy atom. The number of aromatic nitrogens is 3. The molecule has 4 aromatic rings. The summed E-state index contributed by atoms with van der Waals surface area (Å²) in [5, 5.41) is 8.21. The molecular weight excluding hydrogens is 444 g/mol. The second kappa shape index (κ2) is 8.84. The largest absolute Gasteiger partial charge is 0.454 e. The molecule has 2 aromatic carbocycles. The van der Waals surface area contributed by atoms with E-state index in [1.807, 2.05) is 25.1 Å². The number of benzene rings is 2. The zero-order valence-corrected chi connectivity index (χ0v) is 19.4. The minimum absolute atomic E-state index is 0.0301. The van der Waals surface area contributed by atoms with Gasteiger partial charge in [-0.2, -0.15) is 9.78 Å². The number of hydrogen-bond donors (Lipinski definition) is 1. The first-order valence-corrected chi connectivity index (χ1v) is 12.1. The van der Waals surface area contributed by atoms with E-state index in [2.05, 4.69) is 46.6 Å². The number of nitrogens with zero attached hydrogens (tertiary/aromatic N) is 3. The lowest BCUT2D eigenvalue weighted by molar-refractivity contribution is -0.116. The van der Waals surface area contributed by atoms with Crippen molar-refractivity contribution in [2.75, 3.05) is 17.9 Å². The van der Waals surface area contributed by atoms with Gasteiger partial charge in [0.2, 0.25) is 17.8 Å². The van der Waals surface area contributed by atoms with E-state index in [4.69, 9.17) is 9.47 Å². The zero-order valence-electron chi connectivity index (χ0n) is 17.8. The van der Waals surface area contributed by atoms with Crippen LogP contribution in [-0.4, -0.2) is 33.2 Å². The third kappa shape index (κ3) is 4.44. The molecule has 5 rings (SSSR count). The van der Waals surface area contributed by atoms with E-state index >= 15 is 0 Å². The molecule has 7 nitrogen and oxygen atoms in total. The number of amides is 1. The van der Waals surface area contributed by atoms with Crippen molar-refractivity contribution in [1.29, 1.82) is 0 Å². The minimum Gasteiger partial charge on any atom is -0.454 e. The number of carbonyl (C=O) groups is 1. The van der Waals surface area contributed by atoms with Crippen LogP contribution in [0.3, 0.4) is 0 Å². The van der Waals surface area contributed by atoms with Crippen LogP contribution >= 0.6 is 23.1 Å². The first-order chi connectivity index (χ1) is 15.5. The van der Waals surface area contributed by atoms with Crippen LogP contribution in [0.15, 0.2) is 47.4 Å². The maximum absolute atomic E-state index is 12.6. The zero-order chi connectivity index (χ0) is 22.1. The lowest BCUT2D eigenvalue weighted by atomic mass is 10.2. The van der Waals surface area contributed by atoms with Crippen LogP contribution in [0.25, 0.3) is 15.3 Å². The van der Waals surface area contributed by atoms with Crippen molar-refractivity contribution in [3.05, 3.63) is 53.7 Å². The average Bonchev–Trinajstić information content (AvgIpc) is 3.48. The number of anilines is 1. The van der Waals surface area contributed by atoms with Crippen LogP contribution in [0.4, 0.5) is 5.82 Å². The summed E-state index contributed by atoms with van der Waals surface area (Å²) in [4.78, 5) is 18.5. The number of fused-ring (bicyclic) bond motifs is 2. The summed E-state index contributed by atoms with van der Waals surface area (Å²) in [6.45, 7) is 4.21. The number of thioether (sulfide) groups is 1. The Balaban J connectivity index is 1.24. The predicted molar refractivity (Wildman–Crippen MR) is 127 cm³/mol. The fourth-order valence-electron chi connectivity index (χ4n) is 3.39. The van der Waals surface area contributed by atoms with Crippen LogP contribution in [0, 0.1) is 13.8 Å². The molecule has 1 N–H and O–H groups in total. The number of nitrogens with one attached hydrogen (secondary N) is 1. The van der Waals surface area contributed by atoms with Crippen molar-refractivity contribution in [2.45, 2.75) is 31.6 Å². The second-order valence-electron chi connectivity index (χ2n) is 7.57. The Morgan fingerprint density at radius 3 is 2.75 bits per heavy atom. The Kier molecular flexibility index (Phi) is 5.75. The van der Waals surface area contributed by atoms with E-state index in [9.17, 15) is 4.79 Å². The highest BCUT2D eigenvalue weighted by molar-refractivity contribution is 7.99. The van der Waals surface area contributed by atoms with Gasteiger partial charge in [-0.1, -0.05) is 29.0 Å². The Hall–Kier alpha value is -3.04. The van der Waals surface area contributed by atoms with Crippen LogP contribution < -0.4 is 14.8 Å². The third-order valence-corrected chi connectivity index (χ3v) is 7.08. The molecule has 1 amide bonds. The summed E-state index contributed by atoms with van der Waals surface area (Å²) >= 11 is 3.26. The maximum Gasteiger partial charge on any atom is 0.231 e. The maximum atomic E-state index is 12.6. The molecule has 1 aliphatic heterocycles. The van der Waals surface area contributed by atoms with E-state index in [0.717, 1.165) is 33.8 Å². The quantitative estimate of drug-likeness (QED) is 0.293. The molecule has 0 aliphatic carbocycles. The average molecular weight is 467 g/mol. The molecule has 0 atom stereocenters. The molecule has 0 bridgehead atoms. The molecule has 0 fully saturated rings. The summed E-state index contributed by atoms with van der Waals surface area (Å²) in [5.74, 6) is 2.90. The highest BCUT2D eigenvalue weighted by atomic mass is 32.2. The van der Waals surface area contributed by atoms with Gasteiger partial charge in [0.15, 0.2) is 11.5 Å². The Bertz CT molecular complexity index is 1240. The molecule has 2 aromatic heterocycles. The predicted octanol–water partition coefficient (Wildman–Crippen LogP) is 5.34. The summed E-state index contributed by atoms with van der Waals surface area (Å²) in [6.07, 6.45) is 1.24. The molecule has 0 saturated carbocycles. The number of carbonyl (C=O) groups excluding carboxylic acids is 1. The van der Waals surface area contributed by atoms with Gasteiger partial charge in [-0.3, -0.25) is 4.79 Å². The van der Waals surface area contributed by atoms with Gasteiger partial charge in [0.1, 0.15) is 5.82 Å². The van der Waals surface area contributed by atoms with Crippen LogP contribution in [0.2, 0.25) is 0 Å². The van der Waals surface area contributed by atoms with Crippen molar-refractivity contribution in [1.82, 2.24) is 14.8 Å². The topological polar surface area (TPSA) is 78.3 Å². The molecule has 0 unspecified atom stereocenters. The van der Waals surface area contributed by atoms with Gasteiger partial charge < -0.3 is 14.8 Å². The Morgan fingerprint density at radius 2 is 1.94 bits per heavy atom. The number of ether oxygens (including phenoxy) is 2. The molecule has 32 heavy (non-hydrogen) atoms. The SMILES string of the molecule is Cc1ccc(SCCCC(=O)Nc2cc(C)nn2-c2nc3cc4c(cc3s2)OCO4)cc1. The van der Waals surface area contributed by atoms with Crippen LogP contribution in [0.1, 0.15) is 24.1 Å². The summed E-state index contributed by atoms with van der Waals surface area (Å²) < 4.78 is 13.6. The number of thiazole rings is 1. The summed E-state index contributed by atoms with van der Waals surface area (Å²) in [5.41, 5.74) is 2.87. The monoisotopic (exact) mass is 466 g/mol. The number of aryl methyl sites for hydroxylation is 2. The minimum atomic E-state index is -0.0301. The molecule has 9 heteroatoms. The highest BCUT2D eigenvalue weighted by Crippen LogP contribution is 2.39. The molecule has 0 spiro atoms. The van der Waals surface area contributed by atoms with Gasteiger partial charge in [0.25, 0.3) is 0 Å². The van der Waals surface area contributed by atoms with Crippen molar-refractivity contribution in [2.24, 2.45) is 0 Å². The van der Waals surface area contributed by atoms with Gasteiger partial charge >= 0.3 is 0 Å². The molecule has 164 valence electrons. The standard InChI is InChI=1S/C23H22N4O3S2/c1-14-5-7-16(8-6-14)31-9-3-4-22(28)25-21-10-15(2)26-27(21)23-24-17-11-18-19(30-13-29-18)12-20(17)32-23/h5-8,10-12H,3-4,9,13H2,1-2H3,(H,25,28). The number of hydrogen-bond acceptors (Lipinski definition) is 7. The lowest BCUT2D eigenvalue weighted by Crippen LogP contribution is -2.14. The lowest BCUT2D eigenvalue weighted by Gasteiger charge is -2.06. The van der Waals surface area contributed by atoms with Crippen molar-refractivity contribution < 1.29 is 14.3 Å². The van der Waals surface area contributed by atoms with E-state index in [0.29, 0.717) is 23.1 Å². The first kappa shape index (κ1) is 20.8. The number of rotatable bonds is 7. The molecule has 3 heterocycles. The van der Waals surface area contributed by atoms with E-state index in [-0.39, 0.29) is 12.7 Å². The van der Waals surface area contributed by atoms with Crippen LogP contribution in [0.5, 0.6) is 11.5 Å².